The number of hydrogen-bond acceptors (Lipinski definition) is 3. The number of aliphatic hydroxyl groups is 1. The first-order valence-electron chi connectivity index (χ1n) is 6.93. The lowest BCUT2D eigenvalue weighted by Gasteiger charge is -2.17. The first-order valence-corrected chi connectivity index (χ1v) is 6.93. The maximum absolute atomic E-state index is 12.2. The van der Waals surface area contributed by atoms with Gasteiger partial charge in [-0.2, -0.15) is 0 Å². The Bertz CT molecular complexity index is 593. The van der Waals surface area contributed by atoms with Gasteiger partial charge in [-0.15, -0.1) is 0 Å². The first kappa shape index (κ1) is 14.5. The molecule has 1 heterocycles. The lowest BCUT2D eigenvalue weighted by atomic mass is 10.0. The summed E-state index contributed by atoms with van der Waals surface area (Å²) in [7, 11) is 0. The highest BCUT2D eigenvalue weighted by Gasteiger charge is 2.15. The summed E-state index contributed by atoms with van der Waals surface area (Å²) in [5.41, 5.74) is 1.38. The summed E-state index contributed by atoms with van der Waals surface area (Å²) in [6, 6.07) is 9.15. The maximum Gasteiger partial charge on any atom is 0.252 e. The molecule has 0 fully saturated rings. The monoisotopic (exact) mass is 272 g/mol. The molecule has 0 radical (unpaired) electrons. The van der Waals surface area contributed by atoms with E-state index in [1.807, 2.05) is 38.1 Å². The van der Waals surface area contributed by atoms with Crippen LogP contribution in [-0.4, -0.2) is 28.6 Å². The van der Waals surface area contributed by atoms with Gasteiger partial charge in [0.25, 0.3) is 5.91 Å². The van der Waals surface area contributed by atoms with Crippen LogP contribution in [0.15, 0.2) is 36.5 Å². The van der Waals surface area contributed by atoms with E-state index in [-0.39, 0.29) is 18.4 Å². The number of aromatic nitrogens is 1. The van der Waals surface area contributed by atoms with Gasteiger partial charge in [0.2, 0.25) is 0 Å². The van der Waals surface area contributed by atoms with E-state index in [1.165, 1.54) is 0 Å². The Hall–Kier alpha value is -1.94. The van der Waals surface area contributed by atoms with Gasteiger partial charge in [-0.25, -0.2) is 0 Å². The molecule has 0 saturated heterocycles. The number of amides is 1. The summed E-state index contributed by atoms with van der Waals surface area (Å²) >= 11 is 0. The second-order valence-corrected chi connectivity index (χ2v) is 5.04. The Kier molecular flexibility index (Phi) is 4.69. The number of carbonyl (C=O) groups excluding carboxylic acids is 1. The molecule has 0 spiro atoms. The minimum Gasteiger partial charge on any atom is -0.391 e. The lowest BCUT2D eigenvalue weighted by Crippen LogP contribution is -2.35. The maximum atomic E-state index is 12.2. The Morgan fingerprint density at radius 1 is 1.35 bits per heavy atom. The Labute approximate surface area is 118 Å². The third-order valence-corrected chi connectivity index (χ3v) is 3.66. The third-order valence-electron chi connectivity index (χ3n) is 3.66. The van der Waals surface area contributed by atoms with Crippen LogP contribution in [-0.2, 0) is 0 Å². The number of benzene rings is 1. The number of rotatable bonds is 5. The van der Waals surface area contributed by atoms with Crippen LogP contribution >= 0.6 is 0 Å². The third kappa shape index (κ3) is 3.14. The average Bonchev–Trinajstić information content (AvgIpc) is 2.50. The SMILES string of the molecule is CCC(C)C(O)CNC(=O)c1cccc2ncccc12. The van der Waals surface area contributed by atoms with Crippen molar-refractivity contribution in [2.24, 2.45) is 5.92 Å². The first-order chi connectivity index (χ1) is 9.63. The quantitative estimate of drug-likeness (QED) is 0.878. The van der Waals surface area contributed by atoms with E-state index in [4.69, 9.17) is 0 Å². The van der Waals surface area contributed by atoms with Gasteiger partial charge in [0, 0.05) is 23.7 Å². The fourth-order valence-electron chi connectivity index (χ4n) is 2.07. The second kappa shape index (κ2) is 6.48. The highest BCUT2D eigenvalue weighted by Crippen LogP contribution is 2.16. The molecule has 2 aromatic rings. The van der Waals surface area contributed by atoms with Crippen LogP contribution in [0.1, 0.15) is 30.6 Å². The van der Waals surface area contributed by atoms with Crippen LogP contribution in [0, 0.1) is 5.92 Å². The number of hydrogen-bond donors (Lipinski definition) is 2. The molecule has 4 nitrogen and oxygen atoms in total. The van der Waals surface area contributed by atoms with E-state index in [0.29, 0.717) is 5.56 Å². The van der Waals surface area contributed by atoms with E-state index in [0.717, 1.165) is 17.3 Å². The van der Waals surface area contributed by atoms with Crippen LogP contribution in [0.25, 0.3) is 10.9 Å². The molecule has 1 aromatic carbocycles. The van der Waals surface area contributed by atoms with Crippen molar-refractivity contribution in [3.05, 3.63) is 42.1 Å². The predicted molar refractivity (Wildman–Crippen MR) is 79.5 cm³/mol. The highest BCUT2D eigenvalue weighted by molar-refractivity contribution is 6.06. The van der Waals surface area contributed by atoms with Gasteiger partial charge < -0.3 is 10.4 Å². The van der Waals surface area contributed by atoms with Crippen molar-refractivity contribution >= 4 is 16.8 Å². The van der Waals surface area contributed by atoms with Crippen molar-refractivity contribution < 1.29 is 9.90 Å². The number of carbonyl (C=O) groups is 1. The summed E-state index contributed by atoms with van der Waals surface area (Å²) in [5, 5.41) is 13.5. The number of nitrogens with zero attached hydrogens (tertiary/aromatic N) is 1. The van der Waals surface area contributed by atoms with Crippen molar-refractivity contribution in [2.45, 2.75) is 26.4 Å². The molecule has 2 rings (SSSR count). The zero-order valence-electron chi connectivity index (χ0n) is 11.8. The Balaban J connectivity index is 2.12. The molecular weight excluding hydrogens is 252 g/mol. The minimum absolute atomic E-state index is 0.171. The summed E-state index contributed by atoms with van der Waals surface area (Å²) in [6.45, 7) is 4.26. The average molecular weight is 272 g/mol. The van der Waals surface area contributed by atoms with E-state index >= 15 is 0 Å². The van der Waals surface area contributed by atoms with Crippen molar-refractivity contribution in [3.8, 4) is 0 Å². The molecule has 0 bridgehead atoms. The fourth-order valence-corrected chi connectivity index (χ4v) is 2.07. The zero-order valence-corrected chi connectivity index (χ0v) is 11.8. The molecule has 0 aliphatic rings. The van der Waals surface area contributed by atoms with Gasteiger partial charge in [-0.3, -0.25) is 9.78 Å². The van der Waals surface area contributed by atoms with Gasteiger partial charge in [0.05, 0.1) is 11.6 Å². The Morgan fingerprint density at radius 2 is 2.15 bits per heavy atom. The lowest BCUT2D eigenvalue weighted by molar-refractivity contribution is 0.0851. The van der Waals surface area contributed by atoms with E-state index in [9.17, 15) is 9.90 Å². The van der Waals surface area contributed by atoms with Crippen molar-refractivity contribution in [1.82, 2.24) is 10.3 Å². The smallest absolute Gasteiger partial charge is 0.252 e. The highest BCUT2D eigenvalue weighted by atomic mass is 16.3. The topological polar surface area (TPSA) is 62.2 Å². The van der Waals surface area contributed by atoms with Gasteiger partial charge in [-0.1, -0.05) is 32.4 Å². The summed E-state index contributed by atoms with van der Waals surface area (Å²) in [6.07, 6.45) is 2.07. The van der Waals surface area contributed by atoms with Crippen LogP contribution in [0.5, 0.6) is 0 Å². The number of pyridine rings is 1. The second-order valence-electron chi connectivity index (χ2n) is 5.04. The van der Waals surface area contributed by atoms with Crippen LogP contribution < -0.4 is 5.32 Å². The Morgan fingerprint density at radius 3 is 2.90 bits per heavy atom. The molecular formula is C16H20N2O2. The van der Waals surface area contributed by atoms with Crippen LogP contribution in [0.2, 0.25) is 0 Å². The fraction of sp³-hybridized carbons (Fsp3) is 0.375. The molecule has 106 valence electrons. The van der Waals surface area contributed by atoms with Gasteiger partial charge in [-0.05, 0) is 24.1 Å². The molecule has 2 atom stereocenters. The molecule has 1 amide bonds. The number of nitrogens with one attached hydrogen (secondary N) is 1. The zero-order chi connectivity index (χ0) is 14.5. The molecule has 4 heteroatoms. The molecule has 20 heavy (non-hydrogen) atoms. The van der Waals surface area contributed by atoms with Crippen molar-refractivity contribution in [1.29, 1.82) is 0 Å². The van der Waals surface area contributed by atoms with Crippen LogP contribution in [0.3, 0.4) is 0 Å². The molecule has 1 aromatic heterocycles. The van der Waals surface area contributed by atoms with Crippen molar-refractivity contribution in [2.75, 3.05) is 6.54 Å². The van der Waals surface area contributed by atoms with Gasteiger partial charge in [0.1, 0.15) is 0 Å². The van der Waals surface area contributed by atoms with E-state index < -0.39 is 6.10 Å². The summed E-state index contributed by atoms with van der Waals surface area (Å²) in [4.78, 5) is 16.5. The van der Waals surface area contributed by atoms with Crippen LogP contribution in [0.4, 0.5) is 0 Å². The molecule has 0 saturated carbocycles. The summed E-state index contributed by atoms with van der Waals surface area (Å²) in [5.74, 6) is -0.00422. The number of aliphatic hydroxyl groups excluding tert-OH is 1. The van der Waals surface area contributed by atoms with E-state index in [1.54, 1.807) is 12.3 Å². The molecule has 0 aliphatic carbocycles. The minimum atomic E-state index is -0.517. The standard InChI is InChI=1S/C16H20N2O2/c1-3-11(2)15(19)10-18-16(20)13-6-4-8-14-12(13)7-5-9-17-14/h4-9,11,15,19H,3,10H2,1-2H3,(H,18,20). The van der Waals surface area contributed by atoms with E-state index in [2.05, 4.69) is 10.3 Å². The molecule has 2 N–H and O–H groups in total. The molecule has 0 aliphatic heterocycles. The van der Waals surface area contributed by atoms with Crippen molar-refractivity contribution in [3.63, 3.8) is 0 Å². The number of fused-ring (bicyclic) bond motifs is 1. The van der Waals surface area contributed by atoms with Gasteiger partial charge >= 0.3 is 0 Å². The van der Waals surface area contributed by atoms with Gasteiger partial charge in [0.15, 0.2) is 0 Å². The predicted octanol–water partition coefficient (Wildman–Crippen LogP) is 2.37. The summed E-state index contributed by atoms with van der Waals surface area (Å²) < 4.78 is 0. The molecule has 2 unspecified atom stereocenters. The normalized spacial score (nSPS) is 13.9. The largest absolute Gasteiger partial charge is 0.391 e.